The summed E-state index contributed by atoms with van der Waals surface area (Å²) in [4.78, 5) is 13.0. The number of halogens is 1. The molecule has 3 rings (SSSR count). The number of sulfonamides is 1. The highest BCUT2D eigenvalue weighted by atomic mass is 35.5. The van der Waals surface area contributed by atoms with E-state index in [4.69, 9.17) is 11.6 Å². The second-order valence-corrected chi connectivity index (χ2v) is 9.87. The molecule has 31 heavy (non-hydrogen) atoms. The standard InChI is InChI=1S/C24H25ClN2O3S/c1-17-9-12-20(13-10-17)24(19-7-5-4-6-8-19)26-23(28)16-27(31(3,29)30)22-15-21(25)14-11-18(22)2/h4-15,24H,16H2,1-3H3,(H,26,28)/t24-/m0/s1. The Labute approximate surface area is 188 Å². The van der Waals surface area contributed by atoms with Crippen LogP contribution in [0.2, 0.25) is 5.02 Å². The Morgan fingerprint density at radius 3 is 2.19 bits per heavy atom. The maximum atomic E-state index is 13.0. The molecule has 0 radical (unpaired) electrons. The number of aryl methyl sites for hydroxylation is 2. The zero-order valence-electron chi connectivity index (χ0n) is 17.7. The Morgan fingerprint density at radius 1 is 0.968 bits per heavy atom. The van der Waals surface area contributed by atoms with Crippen molar-refractivity contribution in [3.05, 3.63) is 100 Å². The number of anilines is 1. The van der Waals surface area contributed by atoms with Crippen LogP contribution < -0.4 is 9.62 Å². The van der Waals surface area contributed by atoms with Crippen molar-refractivity contribution in [2.24, 2.45) is 0 Å². The van der Waals surface area contributed by atoms with Crippen molar-refractivity contribution in [2.45, 2.75) is 19.9 Å². The van der Waals surface area contributed by atoms with E-state index in [1.54, 1.807) is 25.1 Å². The minimum Gasteiger partial charge on any atom is -0.344 e. The first-order valence-electron chi connectivity index (χ1n) is 9.80. The SMILES string of the molecule is Cc1ccc([C@@H](NC(=O)CN(c2cc(Cl)ccc2C)S(C)(=O)=O)c2ccccc2)cc1. The largest absolute Gasteiger partial charge is 0.344 e. The molecule has 0 bridgehead atoms. The van der Waals surface area contributed by atoms with E-state index in [-0.39, 0.29) is 6.54 Å². The van der Waals surface area contributed by atoms with Gasteiger partial charge >= 0.3 is 0 Å². The summed E-state index contributed by atoms with van der Waals surface area (Å²) < 4.78 is 26.1. The van der Waals surface area contributed by atoms with Crippen LogP contribution in [0.15, 0.2) is 72.8 Å². The van der Waals surface area contributed by atoms with Crippen molar-refractivity contribution < 1.29 is 13.2 Å². The van der Waals surface area contributed by atoms with Crippen molar-refractivity contribution in [3.8, 4) is 0 Å². The number of hydrogen-bond donors (Lipinski definition) is 1. The lowest BCUT2D eigenvalue weighted by molar-refractivity contribution is -0.120. The first-order valence-corrected chi connectivity index (χ1v) is 12.0. The number of carbonyl (C=O) groups excluding carboxylic acids is 1. The molecular formula is C24H25ClN2O3S. The highest BCUT2D eigenvalue weighted by Crippen LogP contribution is 2.27. The minimum atomic E-state index is -3.71. The number of hydrogen-bond acceptors (Lipinski definition) is 3. The summed E-state index contributed by atoms with van der Waals surface area (Å²) in [6.45, 7) is 3.42. The highest BCUT2D eigenvalue weighted by Gasteiger charge is 2.25. The minimum absolute atomic E-state index is 0.352. The van der Waals surface area contributed by atoms with Gasteiger partial charge in [0, 0.05) is 5.02 Å². The lowest BCUT2D eigenvalue weighted by Gasteiger charge is -2.26. The number of carbonyl (C=O) groups is 1. The van der Waals surface area contributed by atoms with E-state index in [0.717, 1.165) is 27.3 Å². The van der Waals surface area contributed by atoms with Crippen LogP contribution in [-0.2, 0) is 14.8 Å². The van der Waals surface area contributed by atoms with Gasteiger partial charge in [0.25, 0.3) is 0 Å². The summed E-state index contributed by atoms with van der Waals surface area (Å²) in [5.41, 5.74) is 4.03. The molecule has 0 spiro atoms. The normalized spacial score (nSPS) is 12.3. The second kappa shape index (κ2) is 9.54. The maximum absolute atomic E-state index is 13.0. The molecule has 1 amide bonds. The summed E-state index contributed by atoms with van der Waals surface area (Å²) >= 11 is 6.08. The average molecular weight is 457 g/mol. The molecule has 0 aliphatic carbocycles. The van der Waals surface area contributed by atoms with E-state index in [2.05, 4.69) is 5.32 Å². The number of nitrogens with zero attached hydrogens (tertiary/aromatic N) is 1. The van der Waals surface area contributed by atoms with Crippen LogP contribution in [-0.4, -0.2) is 27.1 Å². The van der Waals surface area contributed by atoms with Crippen molar-refractivity contribution in [1.82, 2.24) is 5.32 Å². The van der Waals surface area contributed by atoms with Gasteiger partial charge in [-0.15, -0.1) is 0 Å². The summed E-state index contributed by atoms with van der Waals surface area (Å²) in [5.74, 6) is -0.417. The summed E-state index contributed by atoms with van der Waals surface area (Å²) in [6, 6.07) is 22.0. The van der Waals surface area contributed by atoms with Gasteiger partial charge in [-0.2, -0.15) is 0 Å². The number of amides is 1. The molecule has 162 valence electrons. The van der Waals surface area contributed by atoms with Crippen LogP contribution in [0.1, 0.15) is 28.3 Å². The number of nitrogens with one attached hydrogen (secondary N) is 1. The molecule has 0 heterocycles. The van der Waals surface area contributed by atoms with E-state index < -0.39 is 22.0 Å². The quantitative estimate of drug-likeness (QED) is 0.563. The van der Waals surface area contributed by atoms with E-state index in [9.17, 15) is 13.2 Å². The molecule has 3 aromatic rings. The fraction of sp³-hybridized carbons (Fsp3) is 0.208. The Bertz CT molecular complexity index is 1160. The highest BCUT2D eigenvalue weighted by molar-refractivity contribution is 7.92. The molecule has 1 atom stereocenters. The molecule has 0 aromatic heterocycles. The molecule has 3 aromatic carbocycles. The van der Waals surface area contributed by atoms with Crippen molar-refractivity contribution in [3.63, 3.8) is 0 Å². The topological polar surface area (TPSA) is 66.5 Å². The van der Waals surface area contributed by atoms with Gasteiger partial charge in [-0.05, 0) is 42.7 Å². The van der Waals surface area contributed by atoms with Gasteiger partial charge in [0.1, 0.15) is 6.54 Å². The molecule has 7 heteroatoms. The average Bonchev–Trinajstić information content (AvgIpc) is 2.73. The van der Waals surface area contributed by atoms with E-state index in [1.807, 2.05) is 61.5 Å². The third kappa shape index (κ3) is 5.87. The van der Waals surface area contributed by atoms with E-state index >= 15 is 0 Å². The van der Waals surface area contributed by atoms with Crippen LogP contribution in [0.3, 0.4) is 0 Å². The third-order valence-corrected chi connectivity index (χ3v) is 6.34. The summed E-state index contributed by atoms with van der Waals surface area (Å²) in [6.07, 6.45) is 1.08. The molecule has 0 saturated carbocycles. The van der Waals surface area contributed by atoms with Crippen molar-refractivity contribution in [1.29, 1.82) is 0 Å². The fourth-order valence-corrected chi connectivity index (χ4v) is 4.40. The molecule has 0 aliphatic rings. The van der Waals surface area contributed by atoms with Crippen LogP contribution >= 0.6 is 11.6 Å². The molecule has 0 fully saturated rings. The van der Waals surface area contributed by atoms with Crippen LogP contribution in [0.5, 0.6) is 0 Å². The Kier molecular flexibility index (Phi) is 7.03. The van der Waals surface area contributed by atoms with E-state index in [1.165, 1.54) is 0 Å². The van der Waals surface area contributed by atoms with Gasteiger partial charge in [-0.1, -0.05) is 77.8 Å². The van der Waals surface area contributed by atoms with Crippen LogP contribution in [0, 0.1) is 13.8 Å². The Morgan fingerprint density at radius 2 is 1.58 bits per heavy atom. The fourth-order valence-electron chi connectivity index (χ4n) is 3.33. The van der Waals surface area contributed by atoms with Crippen molar-refractivity contribution >= 4 is 33.2 Å². The Hall–Kier alpha value is -2.83. The van der Waals surface area contributed by atoms with Gasteiger partial charge in [0.2, 0.25) is 15.9 Å². The first kappa shape index (κ1) is 22.8. The van der Waals surface area contributed by atoms with Gasteiger partial charge < -0.3 is 5.32 Å². The molecule has 0 saturated heterocycles. The number of rotatable bonds is 7. The monoisotopic (exact) mass is 456 g/mol. The van der Waals surface area contributed by atoms with Crippen LogP contribution in [0.4, 0.5) is 5.69 Å². The number of benzene rings is 3. The van der Waals surface area contributed by atoms with Gasteiger partial charge in [-0.3, -0.25) is 9.10 Å². The molecule has 5 nitrogen and oxygen atoms in total. The lowest BCUT2D eigenvalue weighted by atomic mass is 9.98. The smallest absolute Gasteiger partial charge is 0.241 e. The molecular weight excluding hydrogens is 432 g/mol. The molecule has 1 N–H and O–H groups in total. The van der Waals surface area contributed by atoms with Gasteiger partial charge in [0.15, 0.2) is 0 Å². The van der Waals surface area contributed by atoms with Crippen LogP contribution in [0.25, 0.3) is 0 Å². The lowest BCUT2D eigenvalue weighted by Crippen LogP contribution is -2.42. The predicted molar refractivity (Wildman–Crippen MR) is 126 cm³/mol. The first-order chi connectivity index (χ1) is 14.6. The Balaban J connectivity index is 1.91. The maximum Gasteiger partial charge on any atom is 0.241 e. The summed E-state index contributed by atoms with van der Waals surface area (Å²) in [7, 11) is -3.71. The third-order valence-electron chi connectivity index (χ3n) is 4.98. The molecule has 0 unspecified atom stereocenters. The predicted octanol–water partition coefficient (Wildman–Crippen LogP) is 4.63. The van der Waals surface area contributed by atoms with Crippen molar-refractivity contribution in [2.75, 3.05) is 17.1 Å². The summed E-state index contributed by atoms with van der Waals surface area (Å²) in [5, 5.41) is 3.40. The van der Waals surface area contributed by atoms with Gasteiger partial charge in [-0.25, -0.2) is 8.42 Å². The van der Waals surface area contributed by atoms with E-state index in [0.29, 0.717) is 16.3 Å². The zero-order valence-corrected chi connectivity index (χ0v) is 19.2. The second-order valence-electron chi connectivity index (χ2n) is 7.52. The molecule has 0 aliphatic heterocycles. The van der Waals surface area contributed by atoms with Gasteiger partial charge in [0.05, 0.1) is 18.0 Å². The zero-order chi connectivity index (χ0) is 22.6.